The van der Waals surface area contributed by atoms with E-state index in [9.17, 15) is 9.59 Å². The van der Waals surface area contributed by atoms with Crippen LogP contribution in [0.25, 0.3) is 0 Å². The zero-order valence-corrected chi connectivity index (χ0v) is 17.4. The molecule has 3 rings (SSSR count). The Labute approximate surface area is 176 Å². The van der Waals surface area contributed by atoms with Gasteiger partial charge in [0.2, 0.25) is 0 Å². The number of carbonyl (C=O) groups excluding carboxylic acids is 2. The average molecular weight is 412 g/mol. The molecule has 0 saturated carbocycles. The molecule has 0 radical (unpaired) electrons. The fourth-order valence-corrected chi connectivity index (χ4v) is 3.30. The van der Waals surface area contributed by atoms with Crippen LogP contribution in [0.5, 0.6) is 11.5 Å². The van der Waals surface area contributed by atoms with E-state index in [1.807, 2.05) is 31.2 Å². The largest absolute Gasteiger partial charge is 0.484 e. The highest BCUT2D eigenvalue weighted by Gasteiger charge is 2.29. The molecule has 1 heterocycles. The summed E-state index contributed by atoms with van der Waals surface area (Å²) < 4.78 is 16.6. The van der Waals surface area contributed by atoms with Gasteiger partial charge in [0.05, 0.1) is 0 Å². The lowest BCUT2D eigenvalue weighted by Crippen LogP contribution is -2.40. The molecule has 1 atom stereocenters. The molecule has 2 aromatic rings. The van der Waals surface area contributed by atoms with E-state index in [4.69, 9.17) is 14.2 Å². The Morgan fingerprint density at radius 2 is 2.03 bits per heavy atom. The van der Waals surface area contributed by atoms with Gasteiger partial charge in [-0.1, -0.05) is 25.1 Å². The molecule has 1 unspecified atom stereocenters. The number of nitrogens with zero attached hydrogens (tertiary/aromatic N) is 1. The third kappa shape index (κ3) is 5.73. The van der Waals surface area contributed by atoms with Gasteiger partial charge in [-0.3, -0.25) is 9.59 Å². The van der Waals surface area contributed by atoms with E-state index in [-0.39, 0.29) is 18.4 Å². The first-order valence-corrected chi connectivity index (χ1v) is 10.2. The molecule has 30 heavy (non-hydrogen) atoms. The van der Waals surface area contributed by atoms with Crippen molar-refractivity contribution in [3.05, 3.63) is 54.1 Å². The number of hydrogen-bond acceptors (Lipinski definition) is 5. The molecule has 2 amide bonds. The Bertz CT molecular complexity index is 856. The van der Waals surface area contributed by atoms with Gasteiger partial charge in [0.1, 0.15) is 11.5 Å². The summed E-state index contributed by atoms with van der Waals surface area (Å²) in [5.41, 5.74) is 1.50. The summed E-state index contributed by atoms with van der Waals surface area (Å²) >= 11 is 0. The van der Waals surface area contributed by atoms with Gasteiger partial charge in [0.15, 0.2) is 12.7 Å². The first-order valence-electron chi connectivity index (χ1n) is 10.2. The van der Waals surface area contributed by atoms with Gasteiger partial charge in [-0.15, -0.1) is 0 Å². The molecule has 7 heteroatoms. The van der Waals surface area contributed by atoms with Gasteiger partial charge in [0, 0.05) is 38.1 Å². The topological polar surface area (TPSA) is 77.1 Å². The van der Waals surface area contributed by atoms with Crippen molar-refractivity contribution in [2.75, 3.05) is 32.2 Å². The Kier molecular flexibility index (Phi) is 7.68. The Morgan fingerprint density at radius 1 is 1.23 bits per heavy atom. The summed E-state index contributed by atoms with van der Waals surface area (Å²) in [6.45, 7) is 3.46. The molecule has 7 nitrogen and oxygen atoms in total. The van der Waals surface area contributed by atoms with Crippen molar-refractivity contribution in [3.63, 3.8) is 0 Å². The summed E-state index contributed by atoms with van der Waals surface area (Å²) in [7, 11) is 1.65. The van der Waals surface area contributed by atoms with E-state index >= 15 is 0 Å². The number of fused-ring (bicyclic) bond motifs is 1. The van der Waals surface area contributed by atoms with Crippen LogP contribution in [0.4, 0.5) is 5.69 Å². The normalized spacial score (nSPS) is 15.7. The molecule has 0 aromatic heterocycles. The van der Waals surface area contributed by atoms with E-state index in [1.165, 1.54) is 0 Å². The number of ether oxygens (including phenoxy) is 3. The monoisotopic (exact) mass is 412 g/mol. The number of anilines is 1. The number of amides is 2. The van der Waals surface area contributed by atoms with Gasteiger partial charge in [0.25, 0.3) is 11.8 Å². The van der Waals surface area contributed by atoms with E-state index in [2.05, 4.69) is 5.32 Å². The second kappa shape index (κ2) is 10.6. The van der Waals surface area contributed by atoms with Crippen molar-refractivity contribution < 1.29 is 23.8 Å². The second-order valence-corrected chi connectivity index (χ2v) is 7.09. The van der Waals surface area contributed by atoms with Crippen LogP contribution >= 0.6 is 0 Å². The summed E-state index contributed by atoms with van der Waals surface area (Å²) in [5, 5.41) is 2.84. The highest BCUT2D eigenvalue weighted by molar-refractivity contribution is 5.92. The number of rotatable bonds is 9. The zero-order valence-electron chi connectivity index (χ0n) is 17.4. The van der Waals surface area contributed by atoms with Gasteiger partial charge >= 0.3 is 0 Å². The third-order valence-electron chi connectivity index (χ3n) is 4.82. The molecule has 1 aliphatic rings. The highest BCUT2D eigenvalue weighted by Crippen LogP contribution is 2.29. The number of methoxy groups -OCH3 is 1. The standard InChI is InChI=1S/C23H28N2O5/c1-3-20-23(27)25(12-7-13-28-2)15-17-14-18(10-11-21(17)30-20)24-22(26)16-29-19-8-5-4-6-9-19/h4-6,8-11,14,20H,3,7,12-13,15-16H2,1-2H3,(H,24,26). The lowest BCUT2D eigenvalue weighted by atomic mass is 10.1. The summed E-state index contributed by atoms with van der Waals surface area (Å²) in [6.07, 6.45) is 0.837. The Morgan fingerprint density at radius 3 is 2.77 bits per heavy atom. The molecule has 1 aliphatic heterocycles. The lowest BCUT2D eigenvalue weighted by Gasteiger charge is -2.23. The van der Waals surface area contributed by atoms with Crippen LogP contribution in [-0.2, 0) is 20.9 Å². The van der Waals surface area contributed by atoms with Gasteiger partial charge in [-0.05, 0) is 43.2 Å². The molecule has 0 fully saturated rings. The fraction of sp³-hybridized carbons (Fsp3) is 0.391. The molecule has 1 N–H and O–H groups in total. The van der Waals surface area contributed by atoms with Crippen molar-refractivity contribution in [3.8, 4) is 11.5 Å². The maximum absolute atomic E-state index is 12.8. The van der Waals surface area contributed by atoms with E-state index in [0.29, 0.717) is 43.3 Å². The fourth-order valence-electron chi connectivity index (χ4n) is 3.30. The quantitative estimate of drug-likeness (QED) is 0.640. The second-order valence-electron chi connectivity index (χ2n) is 7.09. The molecule has 2 aromatic carbocycles. The van der Waals surface area contributed by atoms with Crippen molar-refractivity contribution in [2.24, 2.45) is 0 Å². The maximum Gasteiger partial charge on any atom is 0.263 e. The number of benzene rings is 2. The molecule has 160 valence electrons. The number of nitrogens with one attached hydrogen (secondary N) is 1. The zero-order chi connectivity index (χ0) is 21.3. The highest BCUT2D eigenvalue weighted by atomic mass is 16.5. The summed E-state index contributed by atoms with van der Waals surface area (Å²) in [4.78, 5) is 26.9. The van der Waals surface area contributed by atoms with Crippen LogP contribution < -0.4 is 14.8 Å². The van der Waals surface area contributed by atoms with E-state index in [1.54, 1.807) is 36.3 Å². The molecule has 0 saturated heterocycles. The molecular formula is C23H28N2O5. The molecule has 0 aliphatic carbocycles. The van der Waals surface area contributed by atoms with Crippen molar-refractivity contribution in [1.29, 1.82) is 0 Å². The number of para-hydroxylation sites is 1. The van der Waals surface area contributed by atoms with E-state index < -0.39 is 6.10 Å². The van der Waals surface area contributed by atoms with Gasteiger partial charge < -0.3 is 24.4 Å². The minimum absolute atomic E-state index is 0.0216. The molecule has 0 bridgehead atoms. The SMILES string of the molecule is CCC1Oc2ccc(NC(=O)COc3ccccc3)cc2CN(CCCOC)C1=O. The van der Waals surface area contributed by atoms with Crippen LogP contribution in [0.2, 0.25) is 0 Å². The molecular weight excluding hydrogens is 384 g/mol. The van der Waals surface area contributed by atoms with Crippen LogP contribution in [0.3, 0.4) is 0 Å². The van der Waals surface area contributed by atoms with Crippen LogP contribution in [0, 0.1) is 0 Å². The predicted octanol–water partition coefficient (Wildman–Crippen LogP) is 3.24. The minimum Gasteiger partial charge on any atom is -0.484 e. The molecule has 0 spiro atoms. The van der Waals surface area contributed by atoms with Crippen LogP contribution in [0.1, 0.15) is 25.3 Å². The summed E-state index contributed by atoms with van der Waals surface area (Å²) in [5.74, 6) is 1.03. The van der Waals surface area contributed by atoms with Crippen LogP contribution in [-0.4, -0.2) is 49.7 Å². The number of carbonyl (C=O) groups is 2. The van der Waals surface area contributed by atoms with Crippen molar-refractivity contribution in [1.82, 2.24) is 4.90 Å². The first-order chi connectivity index (χ1) is 14.6. The van der Waals surface area contributed by atoms with Crippen molar-refractivity contribution in [2.45, 2.75) is 32.4 Å². The van der Waals surface area contributed by atoms with E-state index in [0.717, 1.165) is 12.0 Å². The Hall–Kier alpha value is -3.06. The van der Waals surface area contributed by atoms with Crippen LogP contribution in [0.15, 0.2) is 48.5 Å². The average Bonchev–Trinajstić information content (AvgIpc) is 2.89. The minimum atomic E-state index is -0.506. The third-order valence-corrected chi connectivity index (χ3v) is 4.82. The van der Waals surface area contributed by atoms with Gasteiger partial charge in [-0.2, -0.15) is 0 Å². The first kappa shape index (κ1) is 21.6. The van der Waals surface area contributed by atoms with Crippen molar-refractivity contribution >= 4 is 17.5 Å². The predicted molar refractivity (Wildman–Crippen MR) is 114 cm³/mol. The van der Waals surface area contributed by atoms with Gasteiger partial charge in [-0.25, -0.2) is 0 Å². The lowest BCUT2D eigenvalue weighted by molar-refractivity contribution is -0.138. The summed E-state index contributed by atoms with van der Waals surface area (Å²) in [6, 6.07) is 14.6. The maximum atomic E-state index is 12.8. The Balaban J connectivity index is 1.67. The number of hydrogen-bond donors (Lipinski definition) is 1. The smallest absolute Gasteiger partial charge is 0.263 e.